The van der Waals surface area contributed by atoms with E-state index in [1.807, 2.05) is 24.3 Å². The number of benzene rings is 2. The molecule has 0 aromatic heterocycles. The fourth-order valence-electron chi connectivity index (χ4n) is 3.39. The van der Waals surface area contributed by atoms with E-state index in [1.54, 1.807) is 19.2 Å². The largest absolute Gasteiger partial charge is 0.497 e. The number of amides is 2. The Bertz CT molecular complexity index is 1070. The number of methoxy groups -OCH3 is 2. The molecule has 0 bridgehead atoms. The van der Waals surface area contributed by atoms with Gasteiger partial charge in [-0.3, -0.25) is 9.59 Å². The Morgan fingerprint density at radius 3 is 2.42 bits per heavy atom. The van der Waals surface area contributed by atoms with Crippen LogP contribution in [0.4, 0.5) is 0 Å². The molecule has 33 heavy (non-hydrogen) atoms. The number of nitrogens with one attached hydrogen (secondary N) is 2. The first-order valence-corrected chi connectivity index (χ1v) is 11.8. The van der Waals surface area contributed by atoms with Crippen LogP contribution in [0.3, 0.4) is 0 Å². The van der Waals surface area contributed by atoms with E-state index in [2.05, 4.69) is 10.6 Å². The van der Waals surface area contributed by atoms with E-state index in [0.29, 0.717) is 17.9 Å². The molecular formula is C22H27N3O7S. The van der Waals surface area contributed by atoms with Gasteiger partial charge >= 0.3 is 11.8 Å². The Morgan fingerprint density at radius 2 is 1.73 bits per heavy atom. The van der Waals surface area contributed by atoms with Crippen LogP contribution in [0.25, 0.3) is 0 Å². The molecule has 1 aliphatic heterocycles. The highest BCUT2D eigenvalue weighted by atomic mass is 32.2. The van der Waals surface area contributed by atoms with E-state index in [1.165, 1.54) is 19.2 Å². The molecule has 2 aromatic rings. The van der Waals surface area contributed by atoms with E-state index in [0.717, 1.165) is 9.87 Å². The molecule has 1 heterocycles. The zero-order valence-electron chi connectivity index (χ0n) is 18.4. The van der Waals surface area contributed by atoms with E-state index < -0.39 is 28.1 Å². The molecule has 10 nitrogen and oxygen atoms in total. The molecule has 1 atom stereocenters. The zero-order chi connectivity index (χ0) is 23.8. The summed E-state index contributed by atoms with van der Waals surface area (Å²) in [5.74, 6) is -0.445. The Balaban J connectivity index is 1.51. The van der Waals surface area contributed by atoms with Crippen LogP contribution >= 0.6 is 0 Å². The monoisotopic (exact) mass is 477 g/mol. The first kappa shape index (κ1) is 24.5. The van der Waals surface area contributed by atoms with Crippen LogP contribution in [0, 0.1) is 0 Å². The van der Waals surface area contributed by atoms with Crippen LogP contribution in [0.15, 0.2) is 53.4 Å². The second-order valence-corrected chi connectivity index (χ2v) is 9.04. The number of hydrogen-bond acceptors (Lipinski definition) is 7. The van der Waals surface area contributed by atoms with Crippen molar-refractivity contribution < 1.29 is 32.2 Å². The van der Waals surface area contributed by atoms with Gasteiger partial charge in [0.15, 0.2) is 0 Å². The molecule has 11 heteroatoms. The topological polar surface area (TPSA) is 123 Å². The van der Waals surface area contributed by atoms with Crippen LogP contribution in [-0.4, -0.2) is 71.2 Å². The Hall–Kier alpha value is -3.15. The lowest BCUT2D eigenvalue weighted by atomic mass is 10.1. The molecule has 2 aromatic carbocycles. The molecule has 0 aliphatic carbocycles. The van der Waals surface area contributed by atoms with Crippen LogP contribution in [-0.2, 0) is 30.8 Å². The molecule has 3 rings (SSSR count). The highest BCUT2D eigenvalue weighted by molar-refractivity contribution is 7.89. The van der Waals surface area contributed by atoms with E-state index in [-0.39, 0.29) is 31.1 Å². The van der Waals surface area contributed by atoms with Gasteiger partial charge in [-0.1, -0.05) is 18.2 Å². The van der Waals surface area contributed by atoms with Gasteiger partial charge < -0.3 is 24.8 Å². The van der Waals surface area contributed by atoms with Crippen molar-refractivity contribution in [3.63, 3.8) is 0 Å². The summed E-state index contributed by atoms with van der Waals surface area (Å²) in [6.45, 7) is 0.402. The quantitative estimate of drug-likeness (QED) is 0.505. The molecule has 1 fully saturated rings. The lowest BCUT2D eigenvalue weighted by Crippen LogP contribution is -2.47. The second kappa shape index (κ2) is 11.1. The van der Waals surface area contributed by atoms with E-state index in [9.17, 15) is 18.0 Å². The van der Waals surface area contributed by atoms with Crippen molar-refractivity contribution in [1.82, 2.24) is 14.9 Å². The third-order valence-corrected chi connectivity index (χ3v) is 7.03. The maximum atomic E-state index is 13.0. The molecule has 1 saturated heterocycles. The lowest BCUT2D eigenvalue weighted by molar-refractivity contribution is -0.139. The summed E-state index contributed by atoms with van der Waals surface area (Å²) in [5, 5.41) is 4.99. The highest BCUT2D eigenvalue weighted by Gasteiger charge is 2.36. The van der Waals surface area contributed by atoms with Crippen molar-refractivity contribution in [1.29, 1.82) is 0 Å². The predicted molar refractivity (Wildman–Crippen MR) is 119 cm³/mol. The van der Waals surface area contributed by atoms with Crippen LogP contribution < -0.4 is 20.1 Å². The van der Waals surface area contributed by atoms with Gasteiger partial charge in [-0.05, 0) is 42.3 Å². The first-order chi connectivity index (χ1) is 15.9. The van der Waals surface area contributed by atoms with Gasteiger partial charge in [0.25, 0.3) is 0 Å². The average Bonchev–Trinajstić information content (AvgIpc) is 3.32. The fraction of sp³-hybridized carbons (Fsp3) is 0.364. The number of carbonyl (C=O) groups excluding carboxylic acids is 2. The normalized spacial score (nSPS) is 16.2. The molecule has 1 aliphatic rings. The number of rotatable bonds is 9. The van der Waals surface area contributed by atoms with Gasteiger partial charge in [0.05, 0.1) is 32.3 Å². The van der Waals surface area contributed by atoms with Crippen LogP contribution in [0.2, 0.25) is 0 Å². The minimum absolute atomic E-state index is 0.0826. The van der Waals surface area contributed by atoms with Crippen molar-refractivity contribution in [3.8, 4) is 11.5 Å². The standard InChI is InChI=1S/C22H27N3O7S/c1-30-17-7-9-18(10-8-17)33(28,29)25-13-14-32-20(25)15-24-22(27)21(26)23-12-11-16-5-3-4-6-19(16)31-2/h3-10,20H,11-15H2,1-2H3,(H,23,26)(H,24,27)/t20-/m1/s1. The van der Waals surface area contributed by atoms with Gasteiger partial charge in [-0.2, -0.15) is 4.31 Å². The molecule has 2 N–H and O–H groups in total. The van der Waals surface area contributed by atoms with Crippen LogP contribution in [0.5, 0.6) is 11.5 Å². The summed E-state index contributed by atoms with van der Waals surface area (Å²) in [5.41, 5.74) is 0.902. The van der Waals surface area contributed by atoms with Crippen molar-refractivity contribution in [2.24, 2.45) is 0 Å². The number of hydrogen-bond donors (Lipinski definition) is 2. The van der Waals surface area contributed by atoms with E-state index >= 15 is 0 Å². The smallest absolute Gasteiger partial charge is 0.309 e. The van der Waals surface area contributed by atoms with E-state index in [4.69, 9.17) is 14.2 Å². The zero-order valence-corrected chi connectivity index (χ0v) is 19.3. The number of para-hydroxylation sites is 1. The van der Waals surface area contributed by atoms with Gasteiger partial charge in [-0.25, -0.2) is 8.42 Å². The third kappa shape index (κ3) is 6.01. The summed E-state index contributed by atoms with van der Waals surface area (Å²) in [6, 6.07) is 13.4. The molecule has 0 saturated carbocycles. The molecule has 0 spiro atoms. The molecule has 0 radical (unpaired) electrons. The maximum absolute atomic E-state index is 13.0. The molecule has 2 amide bonds. The summed E-state index contributed by atoms with van der Waals surface area (Å²) in [4.78, 5) is 24.4. The lowest BCUT2D eigenvalue weighted by Gasteiger charge is -2.23. The van der Waals surface area contributed by atoms with Crippen molar-refractivity contribution >= 4 is 21.8 Å². The summed E-state index contributed by atoms with van der Waals surface area (Å²) < 4.78 is 42.9. The molecule has 0 unspecified atom stereocenters. The summed E-state index contributed by atoms with van der Waals surface area (Å²) in [7, 11) is -0.789. The maximum Gasteiger partial charge on any atom is 0.309 e. The Morgan fingerprint density at radius 1 is 1.03 bits per heavy atom. The van der Waals surface area contributed by atoms with Gasteiger partial charge in [0, 0.05) is 13.1 Å². The number of ether oxygens (including phenoxy) is 3. The number of nitrogens with zero attached hydrogens (tertiary/aromatic N) is 1. The molecule has 178 valence electrons. The predicted octanol–water partition coefficient (Wildman–Crippen LogP) is 0.526. The Labute approximate surface area is 192 Å². The first-order valence-electron chi connectivity index (χ1n) is 10.3. The third-order valence-electron chi connectivity index (χ3n) is 5.13. The van der Waals surface area contributed by atoms with Crippen molar-refractivity contribution in [2.75, 3.05) is 40.5 Å². The summed E-state index contributed by atoms with van der Waals surface area (Å²) in [6.07, 6.45) is -0.426. The minimum Gasteiger partial charge on any atom is -0.497 e. The molecular weight excluding hydrogens is 450 g/mol. The van der Waals surface area contributed by atoms with Gasteiger partial charge in [0.2, 0.25) is 10.0 Å². The second-order valence-electron chi connectivity index (χ2n) is 7.14. The van der Waals surface area contributed by atoms with Gasteiger partial charge in [-0.15, -0.1) is 0 Å². The SMILES string of the molecule is COc1ccc(S(=O)(=O)N2CCO[C@@H]2CNC(=O)C(=O)NCCc2ccccc2OC)cc1. The average molecular weight is 478 g/mol. The summed E-state index contributed by atoms with van der Waals surface area (Å²) >= 11 is 0. The van der Waals surface area contributed by atoms with Gasteiger partial charge in [0.1, 0.15) is 17.7 Å². The van der Waals surface area contributed by atoms with Crippen molar-refractivity contribution in [3.05, 3.63) is 54.1 Å². The minimum atomic E-state index is -3.84. The highest BCUT2D eigenvalue weighted by Crippen LogP contribution is 2.24. The Kier molecular flexibility index (Phi) is 8.26. The fourth-order valence-corrected chi connectivity index (χ4v) is 4.90. The number of carbonyl (C=O) groups is 2. The van der Waals surface area contributed by atoms with Crippen molar-refractivity contribution in [2.45, 2.75) is 17.5 Å². The van der Waals surface area contributed by atoms with Crippen LogP contribution in [0.1, 0.15) is 5.56 Å². The number of sulfonamides is 1.